The molecule has 1 heterocycles. The maximum atomic E-state index is 11.5. The summed E-state index contributed by atoms with van der Waals surface area (Å²) in [6.07, 6.45) is 0.913. The standard InChI is InChI=1S/C8H8ClN3O4/c9-7-3-5(8(14)10-1-2-13)6(4-11-7)12(15)16/h3-4,13H,1-2H2,(H,10,14). The Morgan fingerprint density at radius 1 is 1.69 bits per heavy atom. The molecule has 0 saturated carbocycles. The molecule has 0 aliphatic heterocycles. The Balaban J connectivity index is 3.04. The number of hydrogen-bond acceptors (Lipinski definition) is 5. The van der Waals surface area contributed by atoms with Crippen molar-refractivity contribution in [3.63, 3.8) is 0 Å². The largest absolute Gasteiger partial charge is 0.395 e. The molecule has 0 aliphatic carbocycles. The fourth-order valence-corrected chi connectivity index (χ4v) is 1.17. The van der Waals surface area contributed by atoms with E-state index in [4.69, 9.17) is 16.7 Å². The number of nitrogens with one attached hydrogen (secondary N) is 1. The van der Waals surface area contributed by atoms with Crippen LogP contribution in [0.3, 0.4) is 0 Å². The number of carbonyl (C=O) groups excluding carboxylic acids is 1. The fourth-order valence-electron chi connectivity index (χ4n) is 1.01. The second-order valence-electron chi connectivity index (χ2n) is 2.76. The molecule has 0 spiro atoms. The summed E-state index contributed by atoms with van der Waals surface area (Å²) in [5.74, 6) is -0.676. The zero-order valence-corrected chi connectivity index (χ0v) is 8.77. The van der Waals surface area contributed by atoms with Crippen LogP contribution >= 0.6 is 11.6 Å². The zero-order chi connectivity index (χ0) is 12.1. The fraction of sp³-hybridized carbons (Fsp3) is 0.250. The Bertz CT molecular complexity index is 424. The highest BCUT2D eigenvalue weighted by atomic mass is 35.5. The molecule has 16 heavy (non-hydrogen) atoms. The van der Waals surface area contributed by atoms with E-state index in [0.29, 0.717) is 0 Å². The van der Waals surface area contributed by atoms with Crippen molar-refractivity contribution in [2.75, 3.05) is 13.2 Å². The smallest absolute Gasteiger partial charge is 0.300 e. The first-order valence-corrected chi connectivity index (χ1v) is 4.63. The summed E-state index contributed by atoms with van der Waals surface area (Å²) >= 11 is 5.54. The van der Waals surface area contributed by atoms with E-state index in [9.17, 15) is 14.9 Å². The van der Waals surface area contributed by atoms with Crippen LogP contribution in [0.15, 0.2) is 12.3 Å². The number of hydrogen-bond donors (Lipinski definition) is 2. The lowest BCUT2D eigenvalue weighted by Crippen LogP contribution is -2.27. The highest BCUT2D eigenvalue weighted by molar-refractivity contribution is 6.29. The minimum atomic E-state index is -0.725. The molecule has 0 bridgehead atoms. The van der Waals surface area contributed by atoms with E-state index in [1.807, 2.05) is 0 Å². The summed E-state index contributed by atoms with van der Waals surface area (Å²) in [7, 11) is 0. The Morgan fingerprint density at radius 3 is 2.94 bits per heavy atom. The summed E-state index contributed by atoms with van der Waals surface area (Å²) in [6, 6.07) is 1.10. The number of nitro groups is 1. The Hall–Kier alpha value is -1.73. The number of aromatic nitrogens is 1. The van der Waals surface area contributed by atoms with Crippen LogP contribution in [0.4, 0.5) is 5.69 Å². The van der Waals surface area contributed by atoms with Gasteiger partial charge >= 0.3 is 0 Å². The highest BCUT2D eigenvalue weighted by Gasteiger charge is 2.20. The molecule has 0 unspecified atom stereocenters. The van der Waals surface area contributed by atoms with E-state index >= 15 is 0 Å². The lowest BCUT2D eigenvalue weighted by Gasteiger charge is -2.03. The average molecular weight is 246 g/mol. The minimum Gasteiger partial charge on any atom is -0.395 e. The van der Waals surface area contributed by atoms with Gasteiger partial charge in [0.25, 0.3) is 11.6 Å². The predicted molar refractivity (Wildman–Crippen MR) is 55.3 cm³/mol. The van der Waals surface area contributed by atoms with Crippen LogP contribution in [0.2, 0.25) is 5.15 Å². The van der Waals surface area contributed by atoms with Gasteiger partial charge in [0.1, 0.15) is 16.9 Å². The molecule has 0 aromatic carbocycles. The topological polar surface area (TPSA) is 105 Å². The van der Waals surface area contributed by atoms with E-state index in [-0.39, 0.29) is 23.9 Å². The molecule has 0 fully saturated rings. The van der Waals surface area contributed by atoms with Crippen molar-refractivity contribution in [3.05, 3.63) is 33.1 Å². The third kappa shape index (κ3) is 2.88. The predicted octanol–water partition coefficient (Wildman–Crippen LogP) is 0.365. The van der Waals surface area contributed by atoms with Crippen molar-refractivity contribution in [2.24, 2.45) is 0 Å². The van der Waals surface area contributed by atoms with E-state index in [2.05, 4.69) is 10.3 Å². The molecule has 0 saturated heterocycles. The van der Waals surface area contributed by atoms with Crippen LogP contribution in [0, 0.1) is 10.1 Å². The van der Waals surface area contributed by atoms with Gasteiger partial charge in [-0.15, -0.1) is 0 Å². The minimum absolute atomic E-state index is 0.00985. The molecule has 2 N–H and O–H groups in total. The number of rotatable bonds is 4. The van der Waals surface area contributed by atoms with Crippen molar-refractivity contribution in [2.45, 2.75) is 0 Å². The van der Waals surface area contributed by atoms with Crippen LogP contribution in [-0.2, 0) is 0 Å². The van der Waals surface area contributed by atoms with Crippen LogP contribution in [0.1, 0.15) is 10.4 Å². The number of nitrogens with zero attached hydrogens (tertiary/aromatic N) is 2. The molecule has 0 aliphatic rings. The molecule has 0 atom stereocenters. The SMILES string of the molecule is O=C(NCCO)c1cc(Cl)ncc1[N+](=O)[O-]. The third-order valence-electron chi connectivity index (χ3n) is 1.69. The number of amides is 1. The monoisotopic (exact) mass is 245 g/mol. The number of pyridine rings is 1. The molecule has 1 amide bonds. The van der Waals surface area contributed by atoms with Gasteiger partial charge in [0, 0.05) is 6.54 Å². The normalized spacial score (nSPS) is 9.88. The average Bonchev–Trinajstić information content (AvgIpc) is 2.25. The maximum Gasteiger partial charge on any atom is 0.300 e. The summed E-state index contributed by atoms with van der Waals surface area (Å²) in [5.41, 5.74) is -0.613. The van der Waals surface area contributed by atoms with Gasteiger partial charge in [0.05, 0.1) is 11.5 Å². The van der Waals surface area contributed by atoms with Gasteiger partial charge in [-0.1, -0.05) is 11.6 Å². The number of carbonyl (C=O) groups is 1. The lowest BCUT2D eigenvalue weighted by molar-refractivity contribution is -0.385. The number of halogens is 1. The Kier molecular flexibility index (Phi) is 4.15. The summed E-state index contributed by atoms with van der Waals surface area (Å²) < 4.78 is 0. The molecule has 1 aromatic heterocycles. The van der Waals surface area contributed by atoms with Gasteiger partial charge < -0.3 is 10.4 Å². The molecular formula is C8H8ClN3O4. The number of aliphatic hydroxyl groups is 1. The molecule has 0 radical (unpaired) electrons. The first-order valence-electron chi connectivity index (χ1n) is 4.25. The van der Waals surface area contributed by atoms with Gasteiger partial charge in [0.2, 0.25) is 0 Å². The zero-order valence-electron chi connectivity index (χ0n) is 8.01. The van der Waals surface area contributed by atoms with Crippen LogP contribution in [-0.4, -0.2) is 34.1 Å². The van der Waals surface area contributed by atoms with Crippen molar-refractivity contribution >= 4 is 23.2 Å². The Labute approximate surface area is 95.2 Å². The van der Waals surface area contributed by atoms with E-state index in [1.54, 1.807) is 0 Å². The molecule has 8 heteroatoms. The van der Waals surface area contributed by atoms with Gasteiger partial charge in [-0.2, -0.15) is 0 Å². The van der Waals surface area contributed by atoms with Crippen molar-refractivity contribution in [1.29, 1.82) is 0 Å². The third-order valence-corrected chi connectivity index (χ3v) is 1.89. The molecule has 1 aromatic rings. The van der Waals surface area contributed by atoms with E-state index in [1.165, 1.54) is 0 Å². The van der Waals surface area contributed by atoms with Crippen LogP contribution < -0.4 is 5.32 Å². The lowest BCUT2D eigenvalue weighted by atomic mass is 10.2. The molecule has 7 nitrogen and oxygen atoms in total. The highest BCUT2D eigenvalue weighted by Crippen LogP contribution is 2.19. The van der Waals surface area contributed by atoms with E-state index in [0.717, 1.165) is 12.3 Å². The Morgan fingerprint density at radius 2 is 2.38 bits per heavy atom. The van der Waals surface area contributed by atoms with E-state index < -0.39 is 16.5 Å². The molecule has 86 valence electrons. The summed E-state index contributed by atoms with van der Waals surface area (Å²) in [6.45, 7) is -0.242. The van der Waals surface area contributed by atoms with Gasteiger partial charge in [-0.25, -0.2) is 4.98 Å². The summed E-state index contributed by atoms with van der Waals surface area (Å²) in [4.78, 5) is 24.9. The molecule has 1 rings (SSSR count). The van der Waals surface area contributed by atoms with Gasteiger partial charge in [-0.3, -0.25) is 14.9 Å². The molecular weight excluding hydrogens is 238 g/mol. The quantitative estimate of drug-likeness (QED) is 0.453. The first-order chi connectivity index (χ1) is 7.56. The first kappa shape index (κ1) is 12.3. The van der Waals surface area contributed by atoms with Crippen LogP contribution in [0.25, 0.3) is 0 Å². The van der Waals surface area contributed by atoms with Gasteiger partial charge in [0.15, 0.2) is 0 Å². The summed E-state index contributed by atoms with van der Waals surface area (Å²) in [5, 5.41) is 21.4. The number of aliphatic hydroxyl groups excluding tert-OH is 1. The second-order valence-corrected chi connectivity index (χ2v) is 3.15. The van der Waals surface area contributed by atoms with Crippen LogP contribution in [0.5, 0.6) is 0 Å². The van der Waals surface area contributed by atoms with Crippen molar-refractivity contribution in [3.8, 4) is 0 Å². The van der Waals surface area contributed by atoms with Crippen molar-refractivity contribution in [1.82, 2.24) is 10.3 Å². The van der Waals surface area contributed by atoms with Crippen molar-refractivity contribution < 1.29 is 14.8 Å². The maximum absolute atomic E-state index is 11.5. The second kappa shape index (κ2) is 5.38. The van der Waals surface area contributed by atoms with Gasteiger partial charge in [-0.05, 0) is 6.07 Å².